The Bertz CT molecular complexity index is 372. The van der Waals surface area contributed by atoms with Crippen molar-refractivity contribution < 1.29 is 14.7 Å². The zero-order chi connectivity index (χ0) is 14.7. The average Bonchev–Trinajstić information content (AvgIpc) is 2.66. The number of hydrogen-bond donors (Lipinski definition) is 1. The zero-order valence-electron chi connectivity index (χ0n) is 12.5. The Kier molecular flexibility index (Phi) is 4.89. The van der Waals surface area contributed by atoms with Crippen LogP contribution < -0.4 is 0 Å². The normalized spacial score (nSPS) is 31.8. The fourth-order valence-corrected chi connectivity index (χ4v) is 3.36. The SMILES string of the molecule is CC1CCCN(C(=O)N2CCCCCC2C(=O)O)C1C. The summed E-state index contributed by atoms with van der Waals surface area (Å²) in [5, 5.41) is 9.39. The third-order valence-electron chi connectivity index (χ3n) is 4.90. The zero-order valence-corrected chi connectivity index (χ0v) is 12.5. The summed E-state index contributed by atoms with van der Waals surface area (Å²) in [6.45, 7) is 5.58. The maximum Gasteiger partial charge on any atom is 0.326 e. The van der Waals surface area contributed by atoms with Crippen molar-refractivity contribution >= 4 is 12.0 Å². The van der Waals surface area contributed by atoms with Gasteiger partial charge in [0.05, 0.1) is 0 Å². The van der Waals surface area contributed by atoms with Gasteiger partial charge >= 0.3 is 12.0 Å². The number of nitrogens with zero attached hydrogens (tertiary/aromatic N) is 2. The third-order valence-corrected chi connectivity index (χ3v) is 4.90. The molecule has 2 fully saturated rings. The molecule has 3 atom stereocenters. The third kappa shape index (κ3) is 3.07. The fourth-order valence-electron chi connectivity index (χ4n) is 3.36. The quantitative estimate of drug-likeness (QED) is 0.804. The molecule has 0 radical (unpaired) electrons. The molecule has 0 aliphatic carbocycles. The minimum absolute atomic E-state index is 0.0710. The molecule has 2 aliphatic heterocycles. The summed E-state index contributed by atoms with van der Waals surface area (Å²) >= 11 is 0. The van der Waals surface area contributed by atoms with E-state index < -0.39 is 12.0 Å². The lowest BCUT2D eigenvalue weighted by molar-refractivity contribution is -0.142. The average molecular weight is 282 g/mol. The fraction of sp³-hybridized carbons (Fsp3) is 0.867. The van der Waals surface area contributed by atoms with E-state index in [0.717, 1.165) is 38.6 Å². The molecule has 20 heavy (non-hydrogen) atoms. The summed E-state index contributed by atoms with van der Waals surface area (Å²) in [6, 6.07) is -0.512. The number of carboxylic acid groups (broad SMARTS) is 1. The van der Waals surface area contributed by atoms with Gasteiger partial charge in [-0.05, 0) is 38.5 Å². The van der Waals surface area contributed by atoms with Gasteiger partial charge in [0.25, 0.3) is 0 Å². The van der Waals surface area contributed by atoms with Crippen LogP contribution in [0, 0.1) is 5.92 Å². The highest BCUT2D eigenvalue weighted by atomic mass is 16.4. The molecule has 2 saturated heterocycles. The second kappa shape index (κ2) is 6.46. The number of rotatable bonds is 1. The van der Waals surface area contributed by atoms with Crippen LogP contribution in [0.4, 0.5) is 4.79 Å². The lowest BCUT2D eigenvalue weighted by Gasteiger charge is -2.41. The lowest BCUT2D eigenvalue weighted by Crippen LogP contribution is -2.55. The Hall–Kier alpha value is -1.26. The Morgan fingerprint density at radius 1 is 0.950 bits per heavy atom. The van der Waals surface area contributed by atoms with Crippen LogP contribution in [-0.2, 0) is 4.79 Å². The maximum atomic E-state index is 12.8. The van der Waals surface area contributed by atoms with Gasteiger partial charge in [-0.15, -0.1) is 0 Å². The molecule has 2 heterocycles. The Morgan fingerprint density at radius 2 is 1.65 bits per heavy atom. The monoisotopic (exact) mass is 282 g/mol. The van der Waals surface area contributed by atoms with Gasteiger partial charge in [0.1, 0.15) is 6.04 Å². The number of carboxylic acids is 1. The molecule has 114 valence electrons. The van der Waals surface area contributed by atoms with Crippen LogP contribution in [-0.4, -0.2) is 52.1 Å². The first-order valence-electron chi connectivity index (χ1n) is 7.82. The number of hydrogen-bond acceptors (Lipinski definition) is 2. The van der Waals surface area contributed by atoms with E-state index in [1.54, 1.807) is 4.90 Å². The van der Waals surface area contributed by atoms with E-state index in [9.17, 15) is 14.7 Å². The lowest BCUT2D eigenvalue weighted by atomic mass is 9.92. The molecule has 0 aromatic carbocycles. The van der Waals surface area contributed by atoms with Crippen LogP contribution in [0.2, 0.25) is 0 Å². The highest BCUT2D eigenvalue weighted by Gasteiger charge is 2.36. The highest BCUT2D eigenvalue weighted by Crippen LogP contribution is 2.26. The van der Waals surface area contributed by atoms with Crippen LogP contribution in [0.25, 0.3) is 0 Å². The summed E-state index contributed by atoms with van der Waals surface area (Å²) in [4.78, 5) is 27.7. The second-order valence-corrected chi connectivity index (χ2v) is 6.23. The number of carbonyl (C=O) groups excluding carboxylic acids is 1. The van der Waals surface area contributed by atoms with Crippen molar-refractivity contribution in [2.75, 3.05) is 13.1 Å². The van der Waals surface area contributed by atoms with Gasteiger partial charge in [-0.3, -0.25) is 0 Å². The van der Waals surface area contributed by atoms with Gasteiger partial charge < -0.3 is 14.9 Å². The van der Waals surface area contributed by atoms with Crippen LogP contribution >= 0.6 is 0 Å². The molecular weight excluding hydrogens is 256 g/mol. The number of aliphatic carboxylic acids is 1. The predicted octanol–water partition coefficient (Wildman–Crippen LogP) is 2.56. The van der Waals surface area contributed by atoms with Gasteiger partial charge in [-0.2, -0.15) is 0 Å². The number of urea groups is 1. The van der Waals surface area contributed by atoms with Crippen molar-refractivity contribution in [2.45, 2.75) is 64.5 Å². The molecule has 5 nitrogen and oxygen atoms in total. The van der Waals surface area contributed by atoms with Crippen molar-refractivity contribution in [2.24, 2.45) is 5.92 Å². The molecule has 1 N–H and O–H groups in total. The van der Waals surface area contributed by atoms with Crippen LogP contribution in [0.5, 0.6) is 0 Å². The summed E-state index contributed by atoms with van der Waals surface area (Å²) in [7, 11) is 0. The first kappa shape index (κ1) is 15.1. The van der Waals surface area contributed by atoms with E-state index in [-0.39, 0.29) is 12.1 Å². The topological polar surface area (TPSA) is 60.9 Å². The van der Waals surface area contributed by atoms with Crippen LogP contribution in [0.15, 0.2) is 0 Å². The smallest absolute Gasteiger partial charge is 0.326 e. The Labute approximate surface area is 120 Å². The highest BCUT2D eigenvalue weighted by molar-refractivity contribution is 5.83. The van der Waals surface area contributed by atoms with Gasteiger partial charge in [-0.25, -0.2) is 9.59 Å². The predicted molar refractivity (Wildman–Crippen MR) is 76.6 cm³/mol. The Morgan fingerprint density at radius 3 is 2.35 bits per heavy atom. The van der Waals surface area contributed by atoms with E-state index in [1.807, 2.05) is 4.90 Å². The number of carbonyl (C=O) groups is 2. The molecule has 0 aromatic rings. The molecule has 0 aromatic heterocycles. The van der Waals surface area contributed by atoms with E-state index >= 15 is 0 Å². The number of piperidine rings is 1. The summed E-state index contributed by atoms with van der Waals surface area (Å²) in [6.07, 6.45) is 5.56. The van der Waals surface area contributed by atoms with Crippen LogP contribution in [0.1, 0.15) is 52.4 Å². The first-order chi connectivity index (χ1) is 9.52. The number of likely N-dealkylation sites (tertiary alicyclic amines) is 2. The largest absolute Gasteiger partial charge is 0.480 e. The van der Waals surface area contributed by atoms with E-state index in [2.05, 4.69) is 13.8 Å². The standard InChI is InChI=1S/C15H26N2O3/c1-11-7-6-10-16(12(11)2)15(20)17-9-5-3-4-8-13(17)14(18)19/h11-13H,3-10H2,1-2H3,(H,18,19). The van der Waals surface area contributed by atoms with E-state index in [4.69, 9.17) is 0 Å². The van der Waals surface area contributed by atoms with Crippen molar-refractivity contribution in [3.05, 3.63) is 0 Å². The van der Waals surface area contributed by atoms with Crippen molar-refractivity contribution in [1.29, 1.82) is 0 Å². The summed E-state index contributed by atoms with van der Waals surface area (Å²) in [5.74, 6) is -0.374. The molecule has 5 heteroatoms. The minimum atomic E-state index is -0.863. The second-order valence-electron chi connectivity index (χ2n) is 6.23. The maximum absolute atomic E-state index is 12.8. The molecule has 2 aliphatic rings. The van der Waals surface area contributed by atoms with Crippen molar-refractivity contribution in [3.8, 4) is 0 Å². The Balaban J connectivity index is 2.13. The molecule has 0 spiro atoms. The molecule has 2 rings (SSSR count). The van der Waals surface area contributed by atoms with E-state index in [1.165, 1.54) is 0 Å². The van der Waals surface area contributed by atoms with Gasteiger partial charge in [-0.1, -0.05) is 19.8 Å². The number of amides is 2. The van der Waals surface area contributed by atoms with Crippen LogP contribution in [0.3, 0.4) is 0 Å². The molecule has 2 amide bonds. The first-order valence-corrected chi connectivity index (χ1v) is 7.82. The molecule has 0 bridgehead atoms. The van der Waals surface area contributed by atoms with Gasteiger partial charge in [0, 0.05) is 19.1 Å². The molecule has 3 unspecified atom stereocenters. The van der Waals surface area contributed by atoms with Crippen molar-refractivity contribution in [3.63, 3.8) is 0 Å². The van der Waals surface area contributed by atoms with Gasteiger partial charge in [0.15, 0.2) is 0 Å². The minimum Gasteiger partial charge on any atom is -0.480 e. The van der Waals surface area contributed by atoms with E-state index in [0.29, 0.717) is 18.9 Å². The molecule has 0 saturated carbocycles. The molecular formula is C15H26N2O3. The van der Waals surface area contributed by atoms with Gasteiger partial charge in [0.2, 0.25) is 0 Å². The van der Waals surface area contributed by atoms with Crippen molar-refractivity contribution in [1.82, 2.24) is 9.80 Å². The summed E-state index contributed by atoms with van der Waals surface area (Å²) < 4.78 is 0. The summed E-state index contributed by atoms with van der Waals surface area (Å²) in [5.41, 5.74) is 0.